The zero-order valence-electron chi connectivity index (χ0n) is 21.3. The number of amidine groups is 1. The molecule has 2 aliphatic heterocycles. The number of halogens is 1. The van der Waals surface area contributed by atoms with Crippen LogP contribution in [0.15, 0.2) is 47.5 Å². The Morgan fingerprint density at radius 3 is 2.59 bits per heavy atom. The number of rotatable bonds is 6. The molecule has 1 N–H and O–H groups in total. The van der Waals surface area contributed by atoms with Gasteiger partial charge in [-0.15, -0.1) is 0 Å². The molecule has 0 spiro atoms. The number of carbonyl (C=O) groups is 2. The van der Waals surface area contributed by atoms with Crippen LogP contribution in [0.3, 0.4) is 0 Å². The number of methoxy groups -OCH3 is 1. The summed E-state index contributed by atoms with van der Waals surface area (Å²) in [5.74, 6) is 2.03. The van der Waals surface area contributed by atoms with Crippen molar-refractivity contribution in [2.75, 3.05) is 33.4 Å². The zero-order chi connectivity index (χ0) is 25.9. The monoisotopic (exact) mass is 524 g/mol. The second kappa shape index (κ2) is 11.0. The van der Waals surface area contributed by atoms with Crippen LogP contribution in [0.5, 0.6) is 11.5 Å². The number of hydrogen-bond donors (Lipinski definition) is 1. The maximum Gasteiger partial charge on any atom is 0.326 e. The summed E-state index contributed by atoms with van der Waals surface area (Å²) in [5, 5.41) is 3.45. The number of amides is 3. The van der Waals surface area contributed by atoms with E-state index in [4.69, 9.17) is 26.1 Å². The molecule has 3 amide bonds. The Labute approximate surface area is 222 Å². The van der Waals surface area contributed by atoms with Crippen molar-refractivity contribution in [1.29, 1.82) is 0 Å². The van der Waals surface area contributed by atoms with Crippen molar-refractivity contribution in [2.45, 2.75) is 44.7 Å². The standard InChI is InChI=1S/C28H33ClN4O4/c1-3-37-23-16-21(36-2)12-13-22(23)27-31-25(18-6-4-5-7-18)26(19-8-10-20(29)11-9-19)33(27)28(35)32-15-14-30-24(34)17-32/h8-13,16,18,25-26H,3-7,14-15,17H2,1-2H3,(H,30,34)/t25-,26+/m1/s1. The van der Waals surface area contributed by atoms with Crippen LogP contribution in [0.2, 0.25) is 5.02 Å². The van der Waals surface area contributed by atoms with Crippen LogP contribution in [0.1, 0.15) is 49.8 Å². The SMILES string of the molecule is CCOc1cc(OC)ccc1C1=N[C@H](C2CCCC2)[C@H](c2ccc(Cl)cc2)N1C(=O)N1CCNC(=O)C1. The van der Waals surface area contributed by atoms with Gasteiger partial charge in [-0.3, -0.25) is 14.7 Å². The third kappa shape index (κ3) is 5.12. The normalized spacial score (nSPS) is 22.1. The van der Waals surface area contributed by atoms with Crippen LogP contribution >= 0.6 is 11.6 Å². The van der Waals surface area contributed by atoms with Crippen molar-refractivity contribution in [3.05, 3.63) is 58.6 Å². The molecule has 2 aromatic rings. The van der Waals surface area contributed by atoms with Crippen LogP contribution in [0.4, 0.5) is 4.79 Å². The number of aliphatic imine (C=N–C) groups is 1. The molecule has 3 aliphatic rings. The Morgan fingerprint density at radius 1 is 1.16 bits per heavy atom. The van der Waals surface area contributed by atoms with E-state index in [0.717, 1.165) is 36.8 Å². The lowest BCUT2D eigenvalue weighted by atomic mass is 9.88. The van der Waals surface area contributed by atoms with Gasteiger partial charge in [-0.1, -0.05) is 36.6 Å². The Kier molecular flexibility index (Phi) is 7.55. The Morgan fingerprint density at radius 2 is 1.92 bits per heavy atom. The quantitative estimate of drug-likeness (QED) is 0.595. The molecule has 0 aromatic heterocycles. The first kappa shape index (κ1) is 25.4. The van der Waals surface area contributed by atoms with E-state index in [1.165, 1.54) is 0 Å². The van der Waals surface area contributed by atoms with E-state index < -0.39 is 0 Å². The third-order valence-corrected chi connectivity index (χ3v) is 7.69. The van der Waals surface area contributed by atoms with Crippen LogP contribution in [0, 0.1) is 5.92 Å². The number of benzene rings is 2. The van der Waals surface area contributed by atoms with Gasteiger partial charge in [0.25, 0.3) is 0 Å². The molecule has 37 heavy (non-hydrogen) atoms. The van der Waals surface area contributed by atoms with Gasteiger partial charge in [-0.2, -0.15) is 0 Å². The van der Waals surface area contributed by atoms with E-state index in [1.54, 1.807) is 16.9 Å². The molecule has 5 rings (SSSR count). The molecule has 9 heteroatoms. The van der Waals surface area contributed by atoms with Gasteiger partial charge in [-0.25, -0.2) is 4.79 Å². The summed E-state index contributed by atoms with van der Waals surface area (Å²) in [6.07, 6.45) is 4.46. The summed E-state index contributed by atoms with van der Waals surface area (Å²) in [6.45, 7) is 3.27. The molecule has 0 radical (unpaired) electrons. The van der Waals surface area contributed by atoms with Gasteiger partial charge in [0.05, 0.1) is 31.4 Å². The second-order valence-corrected chi connectivity index (χ2v) is 10.1. The number of hydrogen-bond acceptors (Lipinski definition) is 5. The third-order valence-electron chi connectivity index (χ3n) is 7.44. The number of carbonyl (C=O) groups excluding carboxylic acids is 2. The number of piperazine rings is 1. The highest BCUT2D eigenvalue weighted by Crippen LogP contribution is 2.44. The van der Waals surface area contributed by atoms with Crippen LogP contribution < -0.4 is 14.8 Å². The molecule has 2 atom stereocenters. The molecular formula is C28H33ClN4O4. The second-order valence-electron chi connectivity index (χ2n) is 9.70. The largest absolute Gasteiger partial charge is 0.497 e. The Bertz CT molecular complexity index is 1180. The van der Waals surface area contributed by atoms with Crippen molar-refractivity contribution in [3.8, 4) is 11.5 Å². The first-order valence-corrected chi connectivity index (χ1v) is 13.4. The number of urea groups is 1. The minimum atomic E-state index is -0.315. The number of ether oxygens (including phenoxy) is 2. The lowest BCUT2D eigenvalue weighted by Crippen LogP contribution is -2.55. The summed E-state index contributed by atoms with van der Waals surface area (Å²) < 4.78 is 11.4. The van der Waals surface area contributed by atoms with Crippen LogP contribution in [-0.4, -0.2) is 67.0 Å². The van der Waals surface area contributed by atoms with Gasteiger partial charge in [-0.05, 0) is 55.5 Å². The molecule has 2 aromatic carbocycles. The first-order valence-electron chi connectivity index (χ1n) is 13.0. The van der Waals surface area contributed by atoms with Gasteiger partial charge >= 0.3 is 6.03 Å². The molecule has 2 fully saturated rings. The molecule has 1 aliphatic carbocycles. The summed E-state index contributed by atoms with van der Waals surface area (Å²) in [4.78, 5) is 35.1. The van der Waals surface area contributed by atoms with Gasteiger partial charge in [0.15, 0.2) is 0 Å². The lowest BCUT2D eigenvalue weighted by Gasteiger charge is -2.36. The van der Waals surface area contributed by atoms with E-state index in [2.05, 4.69) is 5.32 Å². The van der Waals surface area contributed by atoms with Crippen LogP contribution in [-0.2, 0) is 4.79 Å². The molecule has 8 nitrogen and oxygen atoms in total. The van der Waals surface area contributed by atoms with Crippen molar-refractivity contribution < 1.29 is 19.1 Å². The highest BCUT2D eigenvalue weighted by atomic mass is 35.5. The van der Waals surface area contributed by atoms with Crippen molar-refractivity contribution >= 4 is 29.4 Å². The molecule has 196 valence electrons. The molecular weight excluding hydrogens is 492 g/mol. The van der Waals surface area contributed by atoms with Crippen molar-refractivity contribution in [1.82, 2.24) is 15.1 Å². The Balaban J connectivity index is 1.65. The van der Waals surface area contributed by atoms with E-state index >= 15 is 0 Å². The predicted octanol–water partition coefficient (Wildman–Crippen LogP) is 4.66. The lowest BCUT2D eigenvalue weighted by molar-refractivity contribution is -0.123. The number of nitrogens with one attached hydrogen (secondary N) is 1. The summed E-state index contributed by atoms with van der Waals surface area (Å²) in [6, 6.07) is 12.6. The van der Waals surface area contributed by atoms with E-state index in [1.807, 2.05) is 49.4 Å². The fourth-order valence-corrected chi connectivity index (χ4v) is 5.81. The van der Waals surface area contributed by atoms with Gasteiger partial charge < -0.3 is 19.7 Å². The average Bonchev–Trinajstić information content (AvgIpc) is 3.57. The number of nitrogens with zero attached hydrogens (tertiary/aromatic N) is 3. The highest BCUT2D eigenvalue weighted by Gasteiger charge is 2.47. The molecule has 0 bridgehead atoms. The fraction of sp³-hybridized carbons (Fsp3) is 0.464. The summed E-state index contributed by atoms with van der Waals surface area (Å²) >= 11 is 6.24. The smallest absolute Gasteiger partial charge is 0.326 e. The van der Waals surface area contributed by atoms with Gasteiger partial charge in [0.2, 0.25) is 5.91 Å². The topological polar surface area (TPSA) is 83.5 Å². The maximum atomic E-state index is 14.2. The minimum absolute atomic E-state index is 0.0188. The zero-order valence-corrected chi connectivity index (χ0v) is 22.0. The maximum absolute atomic E-state index is 14.2. The highest BCUT2D eigenvalue weighted by molar-refractivity contribution is 6.30. The predicted molar refractivity (Wildman–Crippen MR) is 142 cm³/mol. The molecule has 1 saturated heterocycles. The minimum Gasteiger partial charge on any atom is -0.497 e. The van der Waals surface area contributed by atoms with Crippen molar-refractivity contribution in [3.63, 3.8) is 0 Å². The first-order chi connectivity index (χ1) is 18.0. The summed E-state index contributed by atoms with van der Waals surface area (Å²) in [5.41, 5.74) is 1.71. The van der Waals surface area contributed by atoms with Crippen LogP contribution in [0.25, 0.3) is 0 Å². The molecule has 0 unspecified atom stereocenters. The molecule has 1 saturated carbocycles. The van der Waals surface area contributed by atoms with E-state index in [9.17, 15) is 9.59 Å². The van der Waals surface area contributed by atoms with E-state index in [-0.39, 0.29) is 30.6 Å². The van der Waals surface area contributed by atoms with Gasteiger partial charge in [0, 0.05) is 24.2 Å². The van der Waals surface area contributed by atoms with Gasteiger partial charge in [0.1, 0.15) is 23.9 Å². The molecule has 2 heterocycles. The fourth-order valence-electron chi connectivity index (χ4n) is 5.68. The average molecular weight is 525 g/mol. The Hall–Kier alpha value is -3.26. The van der Waals surface area contributed by atoms with Crippen molar-refractivity contribution in [2.24, 2.45) is 10.9 Å². The van der Waals surface area contributed by atoms with E-state index in [0.29, 0.717) is 48.0 Å². The summed E-state index contributed by atoms with van der Waals surface area (Å²) in [7, 11) is 1.61.